The van der Waals surface area contributed by atoms with Gasteiger partial charge in [-0.15, -0.1) is 0 Å². The minimum atomic E-state index is -3.55. The van der Waals surface area contributed by atoms with Crippen LogP contribution < -0.4 is 14.8 Å². The zero-order chi connectivity index (χ0) is 20.6. The quantitative estimate of drug-likeness (QED) is 0.403. The second-order valence-electron chi connectivity index (χ2n) is 7.20. The maximum atomic E-state index is 14.6. The van der Waals surface area contributed by atoms with E-state index >= 15 is 0 Å². The molecule has 1 aromatic rings. The van der Waals surface area contributed by atoms with Crippen molar-refractivity contribution in [3.63, 3.8) is 0 Å². The fourth-order valence-electron chi connectivity index (χ4n) is 2.77. The molecule has 7 nitrogen and oxygen atoms in total. The van der Waals surface area contributed by atoms with Crippen LogP contribution in [-0.2, 0) is 14.8 Å². The molecular formula is C19H29FN2O5S. The first kappa shape index (κ1) is 22.6. The molecule has 3 N–H and O–H groups in total. The molecule has 1 aromatic carbocycles. The third-order valence-electron chi connectivity index (χ3n) is 4.53. The Balaban J connectivity index is 1.77. The topological polar surface area (TPSA) is 105 Å². The summed E-state index contributed by atoms with van der Waals surface area (Å²) < 4.78 is 47.2. The van der Waals surface area contributed by atoms with Gasteiger partial charge < -0.3 is 15.2 Å². The van der Waals surface area contributed by atoms with Crippen LogP contribution in [0, 0.1) is 11.7 Å². The molecule has 0 saturated heterocycles. The second-order valence-corrected chi connectivity index (χ2v) is 9.08. The van der Waals surface area contributed by atoms with Crippen LogP contribution in [0.4, 0.5) is 4.39 Å². The first-order valence-corrected chi connectivity index (χ1v) is 11.3. The Kier molecular flexibility index (Phi) is 8.65. The minimum absolute atomic E-state index is 0.0598. The van der Waals surface area contributed by atoms with Gasteiger partial charge in [0.05, 0.1) is 18.9 Å². The average Bonchev–Trinajstić information content (AvgIpc) is 3.43. The molecule has 0 amide bonds. The summed E-state index contributed by atoms with van der Waals surface area (Å²) >= 11 is 0. The molecule has 1 aliphatic carbocycles. The predicted octanol–water partition coefficient (Wildman–Crippen LogP) is 2.44. The number of ether oxygens (including phenoxy) is 1. The van der Waals surface area contributed by atoms with E-state index in [1.165, 1.54) is 0 Å². The van der Waals surface area contributed by atoms with Crippen molar-refractivity contribution < 1.29 is 27.4 Å². The Labute approximate surface area is 165 Å². The standard InChI is InChI=1S/C19H29FN2O5S/c1-14(16-6-5-7-17(19(16)20)27-13-15-8-9-15)22-28(25,26)11-4-2-3-10-21-12-18(23)24/h5-7,14-15,21-22H,2-4,8-13H2,1H3,(H,23,24). The first-order valence-electron chi connectivity index (χ1n) is 9.62. The summed E-state index contributed by atoms with van der Waals surface area (Å²) in [4.78, 5) is 10.4. The van der Waals surface area contributed by atoms with Gasteiger partial charge in [0.1, 0.15) is 0 Å². The monoisotopic (exact) mass is 416 g/mol. The molecule has 1 atom stereocenters. The molecule has 9 heteroatoms. The Morgan fingerprint density at radius 2 is 2.07 bits per heavy atom. The molecule has 0 heterocycles. The van der Waals surface area contributed by atoms with E-state index in [0.29, 0.717) is 38.3 Å². The molecule has 1 saturated carbocycles. The Morgan fingerprint density at radius 1 is 1.32 bits per heavy atom. The predicted molar refractivity (Wildman–Crippen MR) is 104 cm³/mol. The van der Waals surface area contributed by atoms with E-state index in [4.69, 9.17) is 9.84 Å². The molecule has 0 spiro atoms. The van der Waals surface area contributed by atoms with Crippen LogP contribution in [0.25, 0.3) is 0 Å². The Morgan fingerprint density at radius 3 is 2.75 bits per heavy atom. The lowest BCUT2D eigenvalue weighted by Gasteiger charge is -2.17. The fraction of sp³-hybridized carbons (Fsp3) is 0.632. The van der Waals surface area contributed by atoms with Crippen LogP contribution >= 0.6 is 0 Å². The van der Waals surface area contributed by atoms with Crippen molar-refractivity contribution in [1.82, 2.24) is 10.0 Å². The van der Waals surface area contributed by atoms with E-state index in [1.807, 2.05) is 0 Å². The SMILES string of the molecule is CC(NS(=O)(=O)CCCCCNCC(=O)O)c1cccc(OCC2CC2)c1F. The highest BCUT2D eigenvalue weighted by molar-refractivity contribution is 7.89. The number of carboxylic acids is 1. The summed E-state index contributed by atoms with van der Waals surface area (Å²) in [5.41, 5.74) is 0.259. The molecule has 28 heavy (non-hydrogen) atoms. The van der Waals surface area contributed by atoms with Gasteiger partial charge in [0, 0.05) is 11.6 Å². The number of rotatable bonds is 14. The fourth-order valence-corrected chi connectivity index (χ4v) is 4.14. The third-order valence-corrected chi connectivity index (χ3v) is 6.07. The van der Waals surface area contributed by atoms with Crippen LogP contribution in [0.5, 0.6) is 5.75 Å². The van der Waals surface area contributed by atoms with Gasteiger partial charge in [-0.1, -0.05) is 18.6 Å². The van der Waals surface area contributed by atoms with E-state index in [1.54, 1.807) is 25.1 Å². The lowest BCUT2D eigenvalue weighted by molar-refractivity contribution is -0.135. The number of aliphatic carboxylic acids is 1. The third kappa shape index (κ3) is 8.12. The zero-order valence-electron chi connectivity index (χ0n) is 16.1. The molecular weight excluding hydrogens is 387 g/mol. The van der Waals surface area contributed by atoms with Gasteiger partial charge in [0.2, 0.25) is 10.0 Å². The molecule has 0 bridgehead atoms. The van der Waals surface area contributed by atoms with Crippen molar-refractivity contribution in [2.45, 2.75) is 45.1 Å². The highest BCUT2D eigenvalue weighted by atomic mass is 32.2. The first-order chi connectivity index (χ1) is 13.3. The smallest absolute Gasteiger partial charge is 0.317 e. The number of carbonyl (C=O) groups is 1. The molecule has 0 radical (unpaired) electrons. The number of hydrogen-bond acceptors (Lipinski definition) is 5. The normalized spacial score (nSPS) is 15.4. The summed E-state index contributed by atoms with van der Waals surface area (Å²) in [6.07, 6.45) is 4.00. The molecule has 1 aliphatic rings. The van der Waals surface area contributed by atoms with Crippen LogP contribution in [0.2, 0.25) is 0 Å². The van der Waals surface area contributed by atoms with Gasteiger partial charge in [0.25, 0.3) is 0 Å². The molecule has 158 valence electrons. The second kappa shape index (κ2) is 10.7. The van der Waals surface area contributed by atoms with Gasteiger partial charge in [-0.05, 0) is 51.1 Å². The van der Waals surface area contributed by atoms with Gasteiger partial charge >= 0.3 is 5.97 Å². The molecule has 0 aliphatic heterocycles. The number of hydrogen-bond donors (Lipinski definition) is 3. The molecule has 2 rings (SSSR count). The lowest BCUT2D eigenvalue weighted by Crippen LogP contribution is -2.30. The summed E-state index contributed by atoms with van der Waals surface area (Å²) in [6.45, 7) is 2.51. The summed E-state index contributed by atoms with van der Waals surface area (Å²) in [6, 6.07) is 4.07. The number of carboxylic acid groups (broad SMARTS) is 1. The van der Waals surface area contributed by atoms with E-state index < -0.39 is 27.9 Å². The maximum absolute atomic E-state index is 14.6. The molecule has 0 aromatic heterocycles. The van der Waals surface area contributed by atoms with Gasteiger partial charge in [-0.2, -0.15) is 0 Å². The zero-order valence-corrected chi connectivity index (χ0v) is 16.9. The van der Waals surface area contributed by atoms with Crippen molar-refractivity contribution in [3.05, 3.63) is 29.6 Å². The maximum Gasteiger partial charge on any atom is 0.317 e. The molecule has 1 fully saturated rings. The van der Waals surface area contributed by atoms with Crippen molar-refractivity contribution in [2.24, 2.45) is 5.92 Å². The number of nitrogens with one attached hydrogen (secondary N) is 2. The Hall–Kier alpha value is -1.71. The number of unbranched alkanes of at least 4 members (excludes halogenated alkanes) is 2. The van der Waals surface area contributed by atoms with Crippen LogP contribution in [0.15, 0.2) is 18.2 Å². The highest BCUT2D eigenvalue weighted by Gasteiger charge is 2.24. The van der Waals surface area contributed by atoms with E-state index in [-0.39, 0.29) is 23.6 Å². The molecule has 1 unspecified atom stereocenters. The van der Waals surface area contributed by atoms with Gasteiger partial charge in [0.15, 0.2) is 11.6 Å². The largest absolute Gasteiger partial charge is 0.490 e. The number of benzene rings is 1. The lowest BCUT2D eigenvalue weighted by atomic mass is 10.1. The highest BCUT2D eigenvalue weighted by Crippen LogP contribution is 2.31. The van der Waals surface area contributed by atoms with Crippen LogP contribution in [-0.4, -0.2) is 44.9 Å². The van der Waals surface area contributed by atoms with E-state index in [0.717, 1.165) is 12.8 Å². The van der Waals surface area contributed by atoms with E-state index in [9.17, 15) is 17.6 Å². The van der Waals surface area contributed by atoms with Gasteiger partial charge in [-0.25, -0.2) is 17.5 Å². The summed E-state index contributed by atoms with van der Waals surface area (Å²) in [5.74, 6) is -0.851. The van der Waals surface area contributed by atoms with Crippen molar-refractivity contribution in [2.75, 3.05) is 25.4 Å². The van der Waals surface area contributed by atoms with Crippen LogP contribution in [0.1, 0.15) is 50.6 Å². The summed E-state index contributed by atoms with van der Waals surface area (Å²) in [7, 11) is -3.55. The van der Waals surface area contributed by atoms with Crippen molar-refractivity contribution >= 4 is 16.0 Å². The Bertz CT molecular complexity index is 753. The van der Waals surface area contributed by atoms with E-state index in [2.05, 4.69) is 10.0 Å². The number of sulfonamides is 1. The minimum Gasteiger partial charge on any atom is -0.490 e. The average molecular weight is 417 g/mol. The van der Waals surface area contributed by atoms with Crippen LogP contribution in [0.3, 0.4) is 0 Å². The van der Waals surface area contributed by atoms with Gasteiger partial charge in [-0.3, -0.25) is 4.79 Å². The van der Waals surface area contributed by atoms with Crippen molar-refractivity contribution in [1.29, 1.82) is 0 Å². The summed E-state index contributed by atoms with van der Waals surface area (Å²) in [5, 5.41) is 11.3. The number of halogens is 1. The van der Waals surface area contributed by atoms with Crippen molar-refractivity contribution in [3.8, 4) is 5.75 Å².